The number of hydrogen-bond donors (Lipinski definition) is 0. The Morgan fingerprint density at radius 1 is 0.707 bits per heavy atom. The van der Waals surface area contributed by atoms with Crippen LogP contribution < -0.4 is 10.4 Å². The molecule has 0 unspecified atom stereocenters. The Morgan fingerprint density at radius 3 is 1.46 bits per heavy atom. The molecule has 0 aromatic heterocycles. The Labute approximate surface area is 242 Å². The molecule has 0 bridgehead atoms. The van der Waals surface area contributed by atoms with Crippen LogP contribution in [-0.2, 0) is 42.6 Å². The molecule has 0 saturated heterocycles. The fourth-order valence-electron chi connectivity index (χ4n) is 4.90. The SMILES string of the molecule is COC(=O)C(C(=O)OC)[C@@H](/C=C/C(C)(C(=O)OC)C(=O)OC)CO[Si](c1ccccc1)(c1ccccc1)C(C)(C)C. The van der Waals surface area contributed by atoms with Crippen LogP contribution in [0.25, 0.3) is 0 Å². The minimum absolute atomic E-state index is 0.142. The number of methoxy groups -OCH3 is 4. The summed E-state index contributed by atoms with van der Waals surface area (Å²) >= 11 is 0. The fourth-order valence-corrected chi connectivity index (χ4v) is 9.50. The van der Waals surface area contributed by atoms with Gasteiger partial charge in [-0.2, -0.15) is 0 Å². The summed E-state index contributed by atoms with van der Waals surface area (Å²) in [5.41, 5.74) is -1.85. The number of ether oxygens (including phenoxy) is 4. The van der Waals surface area contributed by atoms with E-state index >= 15 is 0 Å². The summed E-state index contributed by atoms with van der Waals surface area (Å²) in [6.07, 6.45) is 2.69. The minimum Gasteiger partial charge on any atom is -0.468 e. The molecule has 0 N–H and O–H groups in total. The molecule has 2 aromatic rings. The van der Waals surface area contributed by atoms with E-state index in [0.717, 1.165) is 38.8 Å². The van der Waals surface area contributed by atoms with Crippen LogP contribution in [0.1, 0.15) is 27.7 Å². The van der Waals surface area contributed by atoms with Crippen LogP contribution in [0.15, 0.2) is 72.8 Å². The molecule has 1 atom stereocenters. The van der Waals surface area contributed by atoms with E-state index in [9.17, 15) is 19.2 Å². The number of carbonyl (C=O) groups excluding carboxylic acids is 4. The van der Waals surface area contributed by atoms with Crippen LogP contribution in [0.3, 0.4) is 0 Å². The maximum Gasteiger partial charge on any atom is 0.326 e. The third-order valence-electron chi connectivity index (χ3n) is 7.14. The topological polar surface area (TPSA) is 114 Å². The number of benzene rings is 2. The van der Waals surface area contributed by atoms with Gasteiger partial charge in [0.15, 0.2) is 11.3 Å². The number of carbonyl (C=O) groups is 4. The van der Waals surface area contributed by atoms with E-state index in [1.807, 2.05) is 60.7 Å². The standard InChI is InChI=1S/C31H40O9Si/c1-30(2,3)41(23-15-11-9-12-16-23,24-17-13-10-14-18-24)40-21-22(25(26(32)36-5)27(33)37-6)19-20-31(4,28(34)38-7)29(35)39-8/h9-20,22,25H,21H2,1-8H3/b20-19+/t22-/m0/s1. The van der Waals surface area contributed by atoms with Crippen LogP contribution in [-0.4, -0.2) is 67.2 Å². The van der Waals surface area contributed by atoms with Crippen molar-refractivity contribution >= 4 is 42.6 Å². The van der Waals surface area contributed by atoms with Crippen molar-refractivity contribution in [2.75, 3.05) is 35.0 Å². The largest absolute Gasteiger partial charge is 0.468 e. The van der Waals surface area contributed by atoms with Gasteiger partial charge in [-0.15, -0.1) is 0 Å². The molecule has 222 valence electrons. The molecule has 0 amide bonds. The van der Waals surface area contributed by atoms with Gasteiger partial charge in [0.1, 0.15) is 0 Å². The van der Waals surface area contributed by atoms with E-state index in [-0.39, 0.29) is 6.61 Å². The van der Waals surface area contributed by atoms with Crippen LogP contribution in [0.5, 0.6) is 0 Å². The highest BCUT2D eigenvalue weighted by atomic mass is 28.4. The smallest absolute Gasteiger partial charge is 0.326 e. The van der Waals surface area contributed by atoms with Crippen molar-refractivity contribution < 1.29 is 42.6 Å². The van der Waals surface area contributed by atoms with Gasteiger partial charge in [0, 0.05) is 12.5 Å². The molecule has 0 spiro atoms. The number of esters is 4. The quantitative estimate of drug-likeness (QED) is 0.122. The van der Waals surface area contributed by atoms with E-state index in [2.05, 4.69) is 20.8 Å². The Hall–Kier alpha value is -3.76. The first kappa shape index (κ1) is 33.4. The van der Waals surface area contributed by atoms with Crippen molar-refractivity contribution in [1.82, 2.24) is 0 Å². The molecular formula is C31H40O9Si. The maximum absolute atomic E-state index is 12.9. The molecule has 0 aliphatic carbocycles. The highest BCUT2D eigenvalue weighted by molar-refractivity contribution is 6.99. The summed E-state index contributed by atoms with van der Waals surface area (Å²) in [7, 11) is 1.51. The number of hydrogen-bond acceptors (Lipinski definition) is 9. The molecule has 0 saturated carbocycles. The van der Waals surface area contributed by atoms with Crippen molar-refractivity contribution in [2.45, 2.75) is 32.7 Å². The first-order valence-corrected chi connectivity index (χ1v) is 15.0. The Morgan fingerprint density at radius 2 is 1.12 bits per heavy atom. The van der Waals surface area contributed by atoms with Gasteiger partial charge in [-0.25, -0.2) is 0 Å². The van der Waals surface area contributed by atoms with Gasteiger partial charge < -0.3 is 23.4 Å². The third kappa shape index (κ3) is 7.12. The summed E-state index contributed by atoms with van der Waals surface area (Å²) in [5.74, 6) is -5.89. The predicted molar refractivity (Wildman–Crippen MR) is 156 cm³/mol. The minimum atomic E-state index is -3.10. The zero-order chi connectivity index (χ0) is 30.8. The number of rotatable bonds is 12. The van der Waals surface area contributed by atoms with Crippen LogP contribution in [0, 0.1) is 17.3 Å². The van der Waals surface area contributed by atoms with Crippen molar-refractivity contribution in [1.29, 1.82) is 0 Å². The molecular weight excluding hydrogens is 544 g/mol. The lowest BCUT2D eigenvalue weighted by atomic mass is 9.85. The molecule has 0 aliphatic rings. The van der Waals surface area contributed by atoms with Gasteiger partial charge >= 0.3 is 23.9 Å². The Balaban J connectivity index is 2.77. The normalized spacial score (nSPS) is 13.0. The fraction of sp³-hybridized carbons (Fsp3) is 0.419. The summed E-state index contributed by atoms with van der Waals surface area (Å²) in [5, 5.41) is 1.58. The summed E-state index contributed by atoms with van der Waals surface area (Å²) in [6, 6.07) is 19.7. The van der Waals surface area contributed by atoms with Crippen LogP contribution in [0.2, 0.25) is 5.04 Å². The lowest BCUT2D eigenvalue weighted by molar-refractivity contribution is -0.164. The average molecular weight is 585 g/mol. The zero-order valence-corrected chi connectivity index (χ0v) is 26.0. The first-order chi connectivity index (χ1) is 19.3. The lowest BCUT2D eigenvalue weighted by Crippen LogP contribution is -2.67. The molecule has 10 heteroatoms. The molecule has 2 rings (SSSR count). The molecule has 2 aromatic carbocycles. The van der Waals surface area contributed by atoms with Crippen LogP contribution in [0.4, 0.5) is 0 Å². The summed E-state index contributed by atoms with van der Waals surface area (Å²) < 4.78 is 26.6. The second-order valence-corrected chi connectivity index (χ2v) is 15.0. The predicted octanol–water partition coefficient (Wildman–Crippen LogP) is 3.05. The van der Waals surface area contributed by atoms with E-state index in [1.54, 1.807) is 0 Å². The molecule has 0 radical (unpaired) electrons. The Kier molecular flexibility index (Phi) is 11.6. The maximum atomic E-state index is 12.9. The van der Waals surface area contributed by atoms with E-state index in [4.69, 9.17) is 23.4 Å². The van der Waals surface area contributed by atoms with Gasteiger partial charge in [0.2, 0.25) is 0 Å². The molecule has 0 aliphatic heterocycles. The molecule has 0 fully saturated rings. The Bertz CT molecular complexity index is 1150. The molecule has 9 nitrogen and oxygen atoms in total. The van der Waals surface area contributed by atoms with Crippen LogP contribution >= 0.6 is 0 Å². The van der Waals surface area contributed by atoms with Gasteiger partial charge in [-0.1, -0.05) is 93.6 Å². The van der Waals surface area contributed by atoms with Crippen molar-refractivity contribution in [3.63, 3.8) is 0 Å². The summed E-state index contributed by atoms with van der Waals surface area (Å²) in [6.45, 7) is 7.46. The highest BCUT2D eigenvalue weighted by Gasteiger charge is 2.51. The second kappa shape index (κ2) is 14.2. The van der Waals surface area contributed by atoms with E-state index in [0.29, 0.717) is 0 Å². The first-order valence-electron chi connectivity index (χ1n) is 13.1. The van der Waals surface area contributed by atoms with Gasteiger partial charge in [-0.05, 0) is 22.3 Å². The van der Waals surface area contributed by atoms with Gasteiger partial charge in [0.05, 0.1) is 28.4 Å². The van der Waals surface area contributed by atoms with E-state index in [1.165, 1.54) is 19.1 Å². The lowest BCUT2D eigenvalue weighted by Gasteiger charge is -2.43. The third-order valence-corrected chi connectivity index (χ3v) is 12.1. The average Bonchev–Trinajstić information content (AvgIpc) is 2.98. The van der Waals surface area contributed by atoms with E-state index < -0.39 is 54.5 Å². The van der Waals surface area contributed by atoms with Crippen molar-refractivity contribution in [3.05, 3.63) is 72.8 Å². The molecule has 0 heterocycles. The molecule has 41 heavy (non-hydrogen) atoms. The summed E-state index contributed by atoms with van der Waals surface area (Å²) in [4.78, 5) is 51.1. The van der Waals surface area contributed by atoms with Crippen molar-refractivity contribution in [2.24, 2.45) is 17.3 Å². The highest BCUT2D eigenvalue weighted by Crippen LogP contribution is 2.38. The van der Waals surface area contributed by atoms with Gasteiger partial charge in [0.25, 0.3) is 8.32 Å². The second-order valence-electron chi connectivity index (χ2n) is 10.7. The zero-order valence-electron chi connectivity index (χ0n) is 25.0. The monoisotopic (exact) mass is 584 g/mol. The van der Waals surface area contributed by atoms with Gasteiger partial charge in [-0.3, -0.25) is 19.2 Å². The van der Waals surface area contributed by atoms with Crippen molar-refractivity contribution in [3.8, 4) is 0 Å².